The van der Waals surface area contributed by atoms with Crippen molar-refractivity contribution in [3.05, 3.63) is 18.3 Å². The zero-order chi connectivity index (χ0) is 7.97. The highest BCUT2D eigenvalue weighted by molar-refractivity contribution is 5.82. The Hall–Kier alpha value is -1.71. The summed E-state index contributed by atoms with van der Waals surface area (Å²) in [6.45, 7) is 0.315. The zero-order valence-corrected chi connectivity index (χ0v) is 6.20. The van der Waals surface area contributed by atoms with E-state index in [4.69, 9.17) is 9.47 Å². The topological polar surface area (TPSA) is 47.1 Å². The highest BCUT2D eigenvalue weighted by atomic mass is 16.7. The van der Waals surface area contributed by atoms with Crippen molar-refractivity contribution in [2.75, 3.05) is 6.79 Å². The molecule has 12 heavy (non-hydrogen) atoms. The molecule has 1 aromatic heterocycles. The molecule has 0 atom stereocenters. The molecule has 0 saturated heterocycles. The van der Waals surface area contributed by atoms with Crippen LogP contribution in [0.25, 0.3) is 10.9 Å². The van der Waals surface area contributed by atoms with Gasteiger partial charge in [0.1, 0.15) is 0 Å². The molecular formula is C8H6N2O2. The molecule has 60 valence electrons. The Balaban J connectivity index is 2.38. The van der Waals surface area contributed by atoms with Gasteiger partial charge in [-0.25, -0.2) is 0 Å². The third-order valence-electron chi connectivity index (χ3n) is 1.93. The summed E-state index contributed by atoms with van der Waals surface area (Å²) in [5.74, 6) is 1.58. The second-order valence-electron chi connectivity index (χ2n) is 2.66. The molecular weight excluding hydrogens is 156 g/mol. The molecule has 0 saturated carbocycles. The van der Waals surface area contributed by atoms with E-state index in [0.717, 1.165) is 22.4 Å². The van der Waals surface area contributed by atoms with E-state index in [0.29, 0.717) is 6.79 Å². The van der Waals surface area contributed by atoms with Gasteiger partial charge in [-0.2, -0.15) is 5.10 Å². The van der Waals surface area contributed by atoms with E-state index in [-0.39, 0.29) is 0 Å². The summed E-state index contributed by atoms with van der Waals surface area (Å²) in [5, 5.41) is 7.81. The Bertz CT molecular complexity index is 398. The number of benzene rings is 1. The maximum atomic E-state index is 5.21. The van der Waals surface area contributed by atoms with Crippen molar-refractivity contribution in [2.45, 2.75) is 0 Å². The van der Waals surface area contributed by atoms with Crippen molar-refractivity contribution >= 4 is 10.9 Å². The summed E-state index contributed by atoms with van der Waals surface area (Å²) in [7, 11) is 0. The van der Waals surface area contributed by atoms with Gasteiger partial charge in [0.05, 0.1) is 11.7 Å². The van der Waals surface area contributed by atoms with E-state index < -0.39 is 0 Å². The quantitative estimate of drug-likeness (QED) is 0.635. The first-order valence-electron chi connectivity index (χ1n) is 3.66. The van der Waals surface area contributed by atoms with Crippen LogP contribution in [0.2, 0.25) is 0 Å². The van der Waals surface area contributed by atoms with Gasteiger partial charge in [0.15, 0.2) is 11.5 Å². The van der Waals surface area contributed by atoms with Crippen molar-refractivity contribution in [1.29, 1.82) is 0 Å². The number of nitrogens with one attached hydrogen (secondary N) is 1. The largest absolute Gasteiger partial charge is 0.454 e. The second-order valence-corrected chi connectivity index (χ2v) is 2.66. The van der Waals surface area contributed by atoms with E-state index in [1.807, 2.05) is 12.1 Å². The molecule has 0 bridgehead atoms. The fourth-order valence-electron chi connectivity index (χ4n) is 1.33. The van der Waals surface area contributed by atoms with Gasteiger partial charge in [-0.3, -0.25) is 5.10 Å². The summed E-state index contributed by atoms with van der Waals surface area (Å²) >= 11 is 0. The molecule has 0 aliphatic carbocycles. The van der Waals surface area contributed by atoms with Gasteiger partial charge < -0.3 is 9.47 Å². The minimum atomic E-state index is 0.315. The highest BCUT2D eigenvalue weighted by Crippen LogP contribution is 2.34. The minimum absolute atomic E-state index is 0.315. The Labute approximate surface area is 68.1 Å². The predicted octanol–water partition coefficient (Wildman–Crippen LogP) is 1.29. The molecule has 0 radical (unpaired) electrons. The average molecular weight is 162 g/mol. The summed E-state index contributed by atoms with van der Waals surface area (Å²) in [4.78, 5) is 0. The van der Waals surface area contributed by atoms with Crippen LogP contribution in [-0.4, -0.2) is 17.0 Å². The first kappa shape index (κ1) is 5.88. The number of aromatic amines is 1. The number of fused-ring (bicyclic) bond motifs is 2. The lowest BCUT2D eigenvalue weighted by molar-refractivity contribution is 0.174. The van der Waals surface area contributed by atoms with Crippen molar-refractivity contribution in [3.8, 4) is 11.5 Å². The van der Waals surface area contributed by atoms with E-state index in [9.17, 15) is 0 Å². The zero-order valence-electron chi connectivity index (χ0n) is 6.20. The van der Waals surface area contributed by atoms with Crippen molar-refractivity contribution in [3.63, 3.8) is 0 Å². The van der Waals surface area contributed by atoms with E-state index in [2.05, 4.69) is 10.2 Å². The Morgan fingerprint density at radius 3 is 3.00 bits per heavy atom. The predicted molar refractivity (Wildman–Crippen MR) is 42.2 cm³/mol. The fourth-order valence-corrected chi connectivity index (χ4v) is 1.33. The number of ether oxygens (including phenoxy) is 2. The summed E-state index contributed by atoms with van der Waals surface area (Å²) < 4.78 is 10.4. The van der Waals surface area contributed by atoms with Gasteiger partial charge in [0.25, 0.3) is 0 Å². The number of H-pyrrole nitrogens is 1. The van der Waals surface area contributed by atoms with Gasteiger partial charge >= 0.3 is 0 Å². The number of aromatic nitrogens is 2. The molecule has 0 fully saturated rings. The van der Waals surface area contributed by atoms with Crippen molar-refractivity contribution in [2.24, 2.45) is 0 Å². The number of nitrogens with zero attached hydrogens (tertiary/aromatic N) is 1. The highest BCUT2D eigenvalue weighted by Gasteiger charge is 2.14. The third-order valence-corrected chi connectivity index (χ3v) is 1.93. The molecule has 1 N–H and O–H groups in total. The number of rotatable bonds is 0. The summed E-state index contributed by atoms with van der Waals surface area (Å²) in [5.41, 5.74) is 0.972. The summed E-state index contributed by atoms with van der Waals surface area (Å²) in [6, 6.07) is 3.81. The Kier molecular flexibility index (Phi) is 0.935. The first-order chi connectivity index (χ1) is 5.93. The Morgan fingerprint density at radius 1 is 1.25 bits per heavy atom. The minimum Gasteiger partial charge on any atom is -0.454 e. The molecule has 1 aromatic carbocycles. The van der Waals surface area contributed by atoms with Crippen molar-refractivity contribution < 1.29 is 9.47 Å². The van der Waals surface area contributed by atoms with Gasteiger partial charge in [-0.1, -0.05) is 0 Å². The molecule has 1 aliphatic heterocycles. The van der Waals surface area contributed by atoms with Crippen LogP contribution in [0, 0.1) is 0 Å². The molecule has 1 aliphatic rings. The van der Waals surface area contributed by atoms with Gasteiger partial charge in [-0.15, -0.1) is 0 Å². The summed E-state index contributed by atoms with van der Waals surface area (Å²) in [6.07, 6.45) is 1.76. The van der Waals surface area contributed by atoms with Crippen molar-refractivity contribution in [1.82, 2.24) is 10.2 Å². The van der Waals surface area contributed by atoms with Crippen LogP contribution in [0.1, 0.15) is 0 Å². The lowest BCUT2D eigenvalue weighted by Gasteiger charge is -1.93. The standard InChI is InChI=1S/C8H6N2O2/c1-5-3-9-10-6(5)2-8-7(1)11-4-12-8/h1-3H,4H2,(H,9,10). The van der Waals surface area contributed by atoms with Crippen LogP contribution in [-0.2, 0) is 0 Å². The normalized spacial score (nSPS) is 14.0. The monoisotopic (exact) mass is 162 g/mol. The van der Waals surface area contributed by atoms with E-state index in [1.54, 1.807) is 6.20 Å². The lowest BCUT2D eigenvalue weighted by atomic mass is 10.2. The van der Waals surface area contributed by atoms with Crippen LogP contribution in [0.4, 0.5) is 0 Å². The van der Waals surface area contributed by atoms with E-state index in [1.165, 1.54) is 0 Å². The molecule has 2 aromatic rings. The average Bonchev–Trinajstić information content (AvgIpc) is 2.64. The molecule has 0 amide bonds. The van der Waals surface area contributed by atoms with Crippen LogP contribution >= 0.6 is 0 Å². The van der Waals surface area contributed by atoms with Gasteiger partial charge in [0, 0.05) is 11.5 Å². The van der Waals surface area contributed by atoms with Gasteiger partial charge in [0.2, 0.25) is 6.79 Å². The number of hydrogen-bond acceptors (Lipinski definition) is 3. The molecule has 3 rings (SSSR count). The van der Waals surface area contributed by atoms with Crippen LogP contribution in [0.3, 0.4) is 0 Å². The van der Waals surface area contributed by atoms with Crippen LogP contribution < -0.4 is 9.47 Å². The van der Waals surface area contributed by atoms with Crippen LogP contribution in [0.5, 0.6) is 11.5 Å². The maximum Gasteiger partial charge on any atom is 0.231 e. The molecule has 0 unspecified atom stereocenters. The van der Waals surface area contributed by atoms with Gasteiger partial charge in [-0.05, 0) is 6.07 Å². The lowest BCUT2D eigenvalue weighted by Crippen LogP contribution is -1.92. The molecule has 0 spiro atoms. The first-order valence-corrected chi connectivity index (χ1v) is 3.66. The molecule has 2 heterocycles. The Morgan fingerprint density at radius 2 is 2.08 bits per heavy atom. The fraction of sp³-hybridized carbons (Fsp3) is 0.125. The van der Waals surface area contributed by atoms with E-state index >= 15 is 0 Å². The second kappa shape index (κ2) is 1.91. The smallest absolute Gasteiger partial charge is 0.231 e. The van der Waals surface area contributed by atoms with Crippen LogP contribution in [0.15, 0.2) is 18.3 Å². The maximum absolute atomic E-state index is 5.21. The SMILES string of the molecule is c1n[nH]c2cc3c(cc12)OCO3. The number of hydrogen-bond donors (Lipinski definition) is 1. The third kappa shape index (κ3) is 0.637. The molecule has 4 heteroatoms. The molecule has 4 nitrogen and oxygen atoms in total.